The van der Waals surface area contributed by atoms with Crippen molar-refractivity contribution in [3.63, 3.8) is 0 Å². The molecule has 2 aliphatic rings. The number of carbonyl (C=O) groups is 2. The van der Waals surface area contributed by atoms with Crippen molar-refractivity contribution in [1.82, 2.24) is 9.88 Å². The van der Waals surface area contributed by atoms with Crippen molar-refractivity contribution in [2.24, 2.45) is 0 Å². The molecule has 36 heavy (non-hydrogen) atoms. The van der Waals surface area contributed by atoms with E-state index in [0.717, 1.165) is 46.6 Å². The standard InChI is InChI=1S/C28H31FN4O2S/c1-18-26(31-28(36-18)30-25(34)17-32(2)23-9-4-3-5-10-23)20-11-12-24-19(15-20)13-14-33(24)27(35)21-7-6-8-22(29)16-21/h6-8,11-12,15-16,23H,3-5,9-10,13-14,17H2,1-2H3,(H,30,31,34). The molecule has 0 radical (unpaired) electrons. The van der Waals surface area contributed by atoms with E-state index in [4.69, 9.17) is 4.98 Å². The van der Waals surface area contributed by atoms with Crippen molar-refractivity contribution in [2.75, 3.05) is 30.4 Å². The minimum Gasteiger partial charge on any atom is -0.308 e. The number of carbonyl (C=O) groups excluding carboxylic acids is 2. The van der Waals surface area contributed by atoms with E-state index in [1.807, 2.05) is 26.1 Å². The van der Waals surface area contributed by atoms with Gasteiger partial charge in [0, 0.05) is 34.3 Å². The summed E-state index contributed by atoms with van der Waals surface area (Å²) in [6.07, 6.45) is 6.82. The summed E-state index contributed by atoms with van der Waals surface area (Å²) in [6, 6.07) is 12.2. The summed E-state index contributed by atoms with van der Waals surface area (Å²) >= 11 is 1.48. The Labute approximate surface area is 215 Å². The van der Waals surface area contributed by atoms with Crippen LogP contribution in [0.4, 0.5) is 15.2 Å². The number of likely N-dealkylation sites (N-methyl/N-ethyl adjacent to an activating group) is 1. The average Bonchev–Trinajstić information content (AvgIpc) is 3.46. The Kier molecular flexibility index (Phi) is 7.16. The Morgan fingerprint density at radius 3 is 2.75 bits per heavy atom. The SMILES string of the molecule is Cc1sc(NC(=O)CN(C)C2CCCCC2)nc1-c1ccc2c(c1)CCN2C(=O)c1cccc(F)c1. The lowest BCUT2D eigenvalue weighted by atomic mass is 9.94. The van der Waals surface area contributed by atoms with Crippen LogP contribution in [0.2, 0.25) is 0 Å². The van der Waals surface area contributed by atoms with Gasteiger partial charge in [-0.1, -0.05) is 31.4 Å². The van der Waals surface area contributed by atoms with E-state index in [9.17, 15) is 14.0 Å². The Hall–Kier alpha value is -3.10. The van der Waals surface area contributed by atoms with Gasteiger partial charge in [-0.2, -0.15) is 0 Å². The molecule has 8 heteroatoms. The highest BCUT2D eigenvalue weighted by molar-refractivity contribution is 7.16. The fourth-order valence-electron chi connectivity index (χ4n) is 5.29. The molecule has 1 aliphatic carbocycles. The number of aryl methyl sites for hydroxylation is 1. The number of benzene rings is 2. The fraction of sp³-hybridized carbons (Fsp3) is 0.393. The summed E-state index contributed by atoms with van der Waals surface area (Å²) in [5.74, 6) is -0.656. The number of thiazole rings is 1. The normalized spacial score (nSPS) is 15.8. The highest BCUT2D eigenvalue weighted by Gasteiger charge is 2.27. The monoisotopic (exact) mass is 506 g/mol. The van der Waals surface area contributed by atoms with Crippen molar-refractivity contribution in [3.05, 3.63) is 64.3 Å². The van der Waals surface area contributed by atoms with Crippen LogP contribution in [0.25, 0.3) is 11.3 Å². The molecule has 1 saturated carbocycles. The molecule has 0 unspecified atom stereocenters. The predicted octanol–water partition coefficient (Wildman–Crippen LogP) is 5.66. The molecule has 1 fully saturated rings. The summed E-state index contributed by atoms with van der Waals surface area (Å²) in [5.41, 5.74) is 4.05. The molecule has 3 aromatic rings. The lowest BCUT2D eigenvalue weighted by Crippen LogP contribution is -2.39. The molecule has 0 bridgehead atoms. The zero-order valence-electron chi connectivity index (χ0n) is 20.7. The van der Waals surface area contributed by atoms with E-state index in [1.54, 1.807) is 17.0 Å². The number of amides is 2. The molecular formula is C28H31FN4O2S. The maximum absolute atomic E-state index is 13.6. The minimum atomic E-state index is -0.418. The van der Waals surface area contributed by atoms with Gasteiger partial charge in [0.05, 0.1) is 12.2 Å². The first-order valence-corrected chi connectivity index (χ1v) is 13.4. The third-order valence-electron chi connectivity index (χ3n) is 7.20. The van der Waals surface area contributed by atoms with Gasteiger partial charge in [0.2, 0.25) is 5.91 Å². The first kappa shape index (κ1) is 24.6. The second kappa shape index (κ2) is 10.5. The summed E-state index contributed by atoms with van der Waals surface area (Å²) in [7, 11) is 2.03. The largest absolute Gasteiger partial charge is 0.308 e. The summed E-state index contributed by atoms with van der Waals surface area (Å²) in [5, 5.41) is 3.59. The zero-order chi connectivity index (χ0) is 25.2. The van der Waals surface area contributed by atoms with Gasteiger partial charge in [0.25, 0.3) is 5.91 Å². The number of hydrogen-bond donors (Lipinski definition) is 1. The van der Waals surface area contributed by atoms with E-state index in [0.29, 0.717) is 29.8 Å². The van der Waals surface area contributed by atoms with Crippen LogP contribution in [0.3, 0.4) is 0 Å². The highest BCUT2D eigenvalue weighted by atomic mass is 32.1. The average molecular weight is 507 g/mol. The van der Waals surface area contributed by atoms with Gasteiger partial charge in [0.15, 0.2) is 5.13 Å². The van der Waals surface area contributed by atoms with Gasteiger partial charge in [-0.3, -0.25) is 14.5 Å². The molecule has 0 spiro atoms. The Bertz CT molecular complexity index is 1280. The van der Waals surface area contributed by atoms with Crippen LogP contribution in [0.1, 0.15) is 52.9 Å². The topological polar surface area (TPSA) is 65.5 Å². The van der Waals surface area contributed by atoms with Gasteiger partial charge in [-0.05, 0) is 69.1 Å². The third kappa shape index (κ3) is 5.20. The van der Waals surface area contributed by atoms with E-state index in [2.05, 4.69) is 16.3 Å². The van der Waals surface area contributed by atoms with Gasteiger partial charge >= 0.3 is 0 Å². The Balaban J connectivity index is 1.27. The second-order valence-corrected chi connectivity index (χ2v) is 10.9. The number of aromatic nitrogens is 1. The van der Waals surface area contributed by atoms with Gasteiger partial charge in [-0.25, -0.2) is 9.37 Å². The lowest BCUT2D eigenvalue weighted by molar-refractivity contribution is -0.117. The molecule has 1 aromatic heterocycles. The zero-order valence-corrected chi connectivity index (χ0v) is 21.5. The van der Waals surface area contributed by atoms with Crippen LogP contribution < -0.4 is 10.2 Å². The van der Waals surface area contributed by atoms with Crippen LogP contribution in [-0.4, -0.2) is 47.9 Å². The number of anilines is 2. The number of fused-ring (bicyclic) bond motifs is 1. The van der Waals surface area contributed by atoms with E-state index in [-0.39, 0.29) is 11.8 Å². The number of nitrogens with one attached hydrogen (secondary N) is 1. The quantitative estimate of drug-likeness (QED) is 0.468. The van der Waals surface area contributed by atoms with Crippen LogP contribution in [0.15, 0.2) is 42.5 Å². The van der Waals surface area contributed by atoms with E-state index < -0.39 is 5.82 Å². The molecule has 2 amide bonds. The number of hydrogen-bond acceptors (Lipinski definition) is 5. The molecule has 0 saturated heterocycles. The van der Waals surface area contributed by atoms with Crippen molar-refractivity contribution in [2.45, 2.75) is 51.5 Å². The highest BCUT2D eigenvalue weighted by Crippen LogP contribution is 2.36. The fourth-order valence-corrected chi connectivity index (χ4v) is 6.14. The Morgan fingerprint density at radius 1 is 1.17 bits per heavy atom. The first-order chi connectivity index (χ1) is 17.4. The van der Waals surface area contributed by atoms with Crippen LogP contribution in [0.5, 0.6) is 0 Å². The van der Waals surface area contributed by atoms with Crippen molar-refractivity contribution < 1.29 is 14.0 Å². The van der Waals surface area contributed by atoms with E-state index in [1.165, 1.54) is 42.7 Å². The summed E-state index contributed by atoms with van der Waals surface area (Å²) in [4.78, 5) is 35.2. The molecule has 6 nitrogen and oxygen atoms in total. The third-order valence-corrected chi connectivity index (χ3v) is 8.09. The van der Waals surface area contributed by atoms with Crippen LogP contribution in [-0.2, 0) is 11.2 Å². The predicted molar refractivity (Wildman–Crippen MR) is 142 cm³/mol. The number of nitrogens with zero attached hydrogens (tertiary/aromatic N) is 3. The Morgan fingerprint density at radius 2 is 1.97 bits per heavy atom. The molecule has 1 N–H and O–H groups in total. The van der Waals surface area contributed by atoms with E-state index >= 15 is 0 Å². The number of halogens is 1. The summed E-state index contributed by atoms with van der Waals surface area (Å²) in [6.45, 7) is 2.93. The molecule has 5 rings (SSSR count). The van der Waals surface area contributed by atoms with Crippen molar-refractivity contribution in [3.8, 4) is 11.3 Å². The van der Waals surface area contributed by atoms with Gasteiger partial charge in [0.1, 0.15) is 5.82 Å². The first-order valence-electron chi connectivity index (χ1n) is 12.6. The molecule has 0 atom stereocenters. The van der Waals surface area contributed by atoms with Crippen LogP contribution >= 0.6 is 11.3 Å². The lowest BCUT2D eigenvalue weighted by Gasteiger charge is -2.30. The maximum atomic E-state index is 13.6. The van der Waals surface area contributed by atoms with Gasteiger partial charge < -0.3 is 10.2 Å². The van der Waals surface area contributed by atoms with Crippen molar-refractivity contribution in [1.29, 1.82) is 0 Å². The number of rotatable bonds is 6. The molecule has 2 aromatic carbocycles. The maximum Gasteiger partial charge on any atom is 0.258 e. The molecular weight excluding hydrogens is 475 g/mol. The minimum absolute atomic E-state index is 0.0381. The smallest absolute Gasteiger partial charge is 0.258 e. The summed E-state index contributed by atoms with van der Waals surface area (Å²) < 4.78 is 13.6. The van der Waals surface area contributed by atoms with Gasteiger partial charge in [-0.15, -0.1) is 11.3 Å². The molecule has 188 valence electrons. The molecule has 1 aliphatic heterocycles. The second-order valence-electron chi connectivity index (χ2n) is 9.74. The van der Waals surface area contributed by atoms with Crippen LogP contribution in [0, 0.1) is 12.7 Å². The molecule has 2 heterocycles. The van der Waals surface area contributed by atoms with Crippen molar-refractivity contribution >= 4 is 34.0 Å².